The number of benzene rings is 1. The van der Waals surface area contributed by atoms with Crippen LogP contribution < -0.4 is 11.1 Å². The van der Waals surface area contributed by atoms with Crippen LogP contribution in [0.25, 0.3) is 0 Å². The molecule has 3 N–H and O–H groups in total. The molecule has 0 fully saturated rings. The summed E-state index contributed by atoms with van der Waals surface area (Å²) < 4.78 is 31.5. The van der Waals surface area contributed by atoms with Crippen LogP contribution in [0.3, 0.4) is 0 Å². The lowest BCUT2D eigenvalue weighted by Crippen LogP contribution is -1.96. The quantitative estimate of drug-likeness (QED) is 0.851. The highest BCUT2D eigenvalue weighted by atomic mass is 79.9. The number of nitrogens with zero attached hydrogens (tertiary/aromatic N) is 2. The Morgan fingerprint density at radius 1 is 1.29 bits per heavy atom. The maximum Gasteiger partial charge on any atom is 0.320 e. The van der Waals surface area contributed by atoms with Crippen molar-refractivity contribution in [3.8, 4) is 0 Å². The van der Waals surface area contributed by atoms with E-state index in [1.165, 1.54) is 6.07 Å². The van der Waals surface area contributed by atoms with E-state index in [9.17, 15) is 8.78 Å². The van der Waals surface area contributed by atoms with Crippen LogP contribution in [-0.4, -0.2) is 10.2 Å². The first-order valence-electron chi connectivity index (χ1n) is 4.54. The van der Waals surface area contributed by atoms with Crippen molar-refractivity contribution in [2.24, 2.45) is 5.73 Å². The molecule has 0 radical (unpaired) electrons. The van der Waals surface area contributed by atoms with Crippen LogP contribution in [0.2, 0.25) is 0 Å². The van der Waals surface area contributed by atoms with Gasteiger partial charge in [0.1, 0.15) is 11.6 Å². The summed E-state index contributed by atoms with van der Waals surface area (Å²) in [4.78, 5) is 0. The van der Waals surface area contributed by atoms with E-state index < -0.39 is 11.6 Å². The molecule has 0 saturated carbocycles. The standard InChI is InChI=1S/C9H7BrF2N4O/c10-4-1-7(6(12)2-5(4)11)14-9-16-15-8(3-13)17-9/h1-2H,3,13H2,(H,14,16). The summed E-state index contributed by atoms with van der Waals surface area (Å²) in [6.07, 6.45) is 0. The molecule has 8 heteroatoms. The molecule has 1 heterocycles. The zero-order chi connectivity index (χ0) is 12.4. The molecular formula is C9H7BrF2N4O. The monoisotopic (exact) mass is 304 g/mol. The molecule has 0 unspecified atom stereocenters. The van der Waals surface area contributed by atoms with Gasteiger partial charge in [0.05, 0.1) is 16.7 Å². The molecule has 0 bridgehead atoms. The number of halogens is 3. The summed E-state index contributed by atoms with van der Waals surface area (Å²) in [5, 5.41) is 9.71. The van der Waals surface area contributed by atoms with Crippen molar-refractivity contribution < 1.29 is 13.2 Å². The Morgan fingerprint density at radius 2 is 2.06 bits per heavy atom. The van der Waals surface area contributed by atoms with E-state index in [-0.39, 0.29) is 28.6 Å². The molecule has 0 aliphatic carbocycles. The smallest absolute Gasteiger partial charge is 0.320 e. The molecule has 0 aliphatic heterocycles. The van der Waals surface area contributed by atoms with Gasteiger partial charge < -0.3 is 15.5 Å². The van der Waals surface area contributed by atoms with Gasteiger partial charge >= 0.3 is 6.01 Å². The first-order chi connectivity index (χ1) is 8.10. The minimum atomic E-state index is -0.766. The summed E-state index contributed by atoms with van der Waals surface area (Å²) in [5.41, 5.74) is 5.29. The lowest BCUT2D eigenvalue weighted by atomic mass is 10.3. The number of hydrogen-bond acceptors (Lipinski definition) is 5. The minimum Gasteiger partial charge on any atom is -0.406 e. The molecule has 0 atom stereocenters. The molecule has 90 valence electrons. The van der Waals surface area contributed by atoms with Crippen LogP contribution in [0.15, 0.2) is 21.0 Å². The second-order valence-corrected chi connectivity index (χ2v) is 3.93. The summed E-state index contributed by atoms with van der Waals surface area (Å²) >= 11 is 2.94. The van der Waals surface area contributed by atoms with E-state index >= 15 is 0 Å². The molecule has 1 aromatic carbocycles. The van der Waals surface area contributed by atoms with Crippen LogP contribution in [0.5, 0.6) is 0 Å². The van der Waals surface area contributed by atoms with Crippen LogP contribution in [0.1, 0.15) is 5.89 Å². The predicted molar refractivity (Wildman–Crippen MR) is 59.5 cm³/mol. The van der Waals surface area contributed by atoms with Crippen LogP contribution in [-0.2, 0) is 6.54 Å². The molecule has 1 aromatic heterocycles. The number of nitrogens with one attached hydrogen (secondary N) is 1. The first-order valence-corrected chi connectivity index (χ1v) is 5.33. The molecular weight excluding hydrogens is 298 g/mol. The molecule has 0 amide bonds. The van der Waals surface area contributed by atoms with Crippen molar-refractivity contribution in [1.82, 2.24) is 10.2 Å². The van der Waals surface area contributed by atoms with Crippen LogP contribution >= 0.6 is 15.9 Å². The molecule has 0 spiro atoms. The van der Waals surface area contributed by atoms with Gasteiger partial charge in [-0.3, -0.25) is 0 Å². The van der Waals surface area contributed by atoms with E-state index in [1.54, 1.807) is 0 Å². The van der Waals surface area contributed by atoms with Crippen molar-refractivity contribution in [1.29, 1.82) is 0 Å². The van der Waals surface area contributed by atoms with Crippen LogP contribution in [0, 0.1) is 11.6 Å². The van der Waals surface area contributed by atoms with E-state index in [2.05, 4.69) is 31.4 Å². The topological polar surface area (TPSA) is 77.0 Å². The maximum atomic E-state index is 13.4. The summed E-state index contributed by atoms with van der Waals surface area (Å²) in [7, 11) is 0. The van der Waals surface area contributed by atoms with Gasteiger partial charge in [0.25, 0.3) is 0 Å². The summed E-state index contributed by atoms with van der Waals surface area (Å²) in [6, 6.07) is 1.96. The fourth-order valence-electron chi connectivity index (χ4n) is 1.12. The van der Waals surface area contributed by atoms with Gasteiger partial charge in [-0.15, -0.1) is 5.10 Å². The van der Waals surface area contributed by atoms with Crippen molar-refractivity contribution in [2.45, 2.75) is 6.54 Å². The maximum absolute atomic E-state index is 13.4. The molecule has 17 heavy (non-hydrogen) atoms. The SMILES string of the molecule is NCc1nnc(Nc2cc(Br)c(F)cc2F)o1. The van der Waals surface area contributed by atoms with Crippen molar-refractivity contribution in [2.75, 3.05) is 5.32 Å². The third-order valence-electron chi connectivity index (χ3n) is 1.89. The Labute approximate surface area is 103 Å². The molecule has 2 rings (SSSR count). The largest absolute Gasteiger partial charge is 0.406 e. The van der Waals surface area contributed by atoms with Crippen molar-refractivity contribution in [3.05, 3.63) is 34.1 Å². The van der Waals surface area contributed by atoms with Gasteiger partial charge in [-0.2, -0.15) is 0 Å². The first kappa shape index (κ1) is 11.9. The van der Waals surface area contributed by atoms with Gasteiger partial charge in [0.15, 0.2) is 0 Å². The minimum absolute atomic E-state index is 0.0112. The third-order valence-corrected chi connectivity index (χ3v) is 2.50. The average molecular weight is 305 g/mol. The van der Waals surface area contributed by atoms with E-state index in [0.29, 0.717) is 0 Å². The number of nitrogens with two attached hydrogens (primary N) is 1. The Hall–Kier alpha value is -1.54. The number of hydrogen-bond donors (Lipinski definition) is 2. The predicted octanol–water partition coefficient (Wildman–Crippen LogP) is 2.31. The highest BCUT2D eigenvalue weighted by Crippen LogP contribution is 2.25. The highest BCUT2D eigenvalue weighted by Gasteiger charge is 2.11. The fourth-order valence-corrected chi connectivity index (χ4v) is 1.46. The second kappa shape index (κ2) is 4.76. The highest BCUT2D eigenvalue weighted by molar-refractivity contribution is 9.10. The Morgan fingerprint density at radius 3 is 2.71 bits per heavy atom. The van der Waals surface area contributed by atoms with Gasteiger partial charge in [-0.05, 0) is 22.0 Å². The van der Waals surface area contributed by atoms with Crippen LogP contribution in [0.4, 0.5) is 20.5 Å². The normalized spacial score (nSPS) is 10.6. The Bertz CT molecular complexity index is 546. The molecule has 5 nitrogen and oxygen atoms in total. The zero-order valence-electron chi connectivity index (χ0n) is 8.38. The number of rotatable bonds is 3. The lowest BCUT2D eigenvalue weighted by molar-refractivity contribution is 0.510. The van der Waals surface area contributed by atoms with Gasteiger partial charge in [-0.25, -0.2) is 8.78 Å². The van der Waals surface area contributed by atoms with Gasteiger partial charge in [0, 0.05) is 6.07 Å². The number of aromatic nitrogens is 2. The Balaban J connectivity index is 2.26. The van der Waals surface area contributed by atoms with Crippen molar-refractivity contribution >= 4 is 27.6 Å². The van der Waals surface area contributed by atoms with Crippen molar-refractivity contribution in [3.63, 3.8) is 0 Å². The second-order valence-electron chi connectivity index (χ2n) is 3.08. The van der Waals surface area contributed by atoms with E-state index in [4.69, 9.17) is 10.2 Å². The average Bonchev–Trinajstić information content (AvgIpc) is 2.73. The van der Waals surface area contributed by atoms with Gasteiger partial charge in [0.2, 0.25) is 5.89 Å². The summed E-state index contributed by atoms with van der Waals surface area (Å²) in [6.45, 7) is 0.0876. The zero-order valence-corrected chi connectivity index (χ0v) is 9.96. The molecule has 0 saturated heterocycles. The number of anilines is 2. The van der Waals surface area contributed by atoms with E-state index in [0.717, 1.165) is 6.07 Å². The van der Waals surface area contributed by atoms with Gasteiger partial charge in [-0.1, -0.05) is 5.10 Å². The lowest BCUT2D eigenvalue weighted by Gasteiger charge is -2.04. The molecule has 2 aromatic rings. The van der Waals surface area contributed by atoms with E-state index in [1.807, 2.05) is 0 Å². The summed E-state index contributed by atoms with van der Waals surface area (Å²) in [5.74, 6) is -1.24. The Kier molecular flexibility index (Phi) is 3.34. The third kappa shape index (κ3) is 2.59. The molecule has 0 aliphatic rings. The fraction of sp³-hybridized carbons (Fsp3) is 0.111.